The number of aromatic nitrogens is 1. The number of aryl methyl sites for hydroxylation is 1. The average molecular weight is 282 g/mol. The van der Waals surface area contributed by atoms with E-state index < -0.39 is 0 Å². The predicted molar refractivity (Wildman–Crippen MR) is 87.5 cm³/mol. The summed E-state index contributed by atoms with van der Waals surface area (Å²) in [6, 6.07) is 17.0. The first kappa shape index (κ1) is 13.1. The number of para-hydroxylation sites is 2. The lowest BCUT2D eigenvalue weighted by Gasteiger charge is -2.15. The second-order valence-corrected chi connectivity index (χ2v) is 5.96. The summed E-state index contributed by atoms with van der Waals surface area (Å²) in [6.07, 6.45) is 1.04. The van der Waals surface area contributed by atoms with E-state index in [0.717, 1.165) is 16.9 Å². The van der Waals surface area contributed by atoms with Gasteiger partial charge in [-0.05, 0) is 37.1 Å². The summed E-state index contributed by atoms with van der Waals surface area (Å²) in [5.74, 6) is 0. The van der Waals surface area contributed by atoms with Gasteiger partial charge in [0.2, 0.25) is 0 Å². The highest BCUT2D eigenvalue weighted by molar-refractivity contribution is 7.18. The van der Waals surface area contributed by atoms with Crippen LogP contribution in [0.5, 0.6) is 0 Å². The molecule has 0 saturated carbocycles. The largest absolute Gasteiger partial charge is 0.376 e. The molecule has 0 spiro atoms. The molecule has 0 radical (unpaired) electrons. The smallest absolute Gasteiger partial charge is 0.116 e. The van der Waals surface area contributed by atoms with Crippen molar-refractivity contribution in [3.63, 3.8) is 0 Å². The lowest BCUT2D eigenvalue weighted by Crippen LogP contribution is -2.07. The van der Waals surface area contributed by atoms with Gasteiger partial charge in [0, 0.05) is 5.69 Å². The van der Waals surface area contributed by atoms with Crippen LogP contribution in [0.25, 0.3) is 10.2 Å². The van der Waals surface area contributed by atoms with Crippen molar-refractivity contribution in [1.82, 2.24) is 4.98 Å². The van der Waals surface area contributed by atoms with E-state index in [1.165, 1.54) is 16.0 Å². The summed E-state index contributed by atoms with van der Waals surface area (Å²) in [7, 11) is 0. The molecule has 0 aliphatic rings. The van der Waals surface area contributed by atoms with E-state index in [9.17, 15) is 0 Å². The summed E-state index contributed by atoms with van der Waals surface area (Å²) in [4.78, 5) is 4.72. The van der Waals surface area contributed by atoms with Gasteiger partial charge in [-0.1, -0.05) is 37.3 Å². The molecular formula is C17H18N2S. The van der Waals surface area contributed by atoms with Crippen LogP contribution in [-0.4, -0.2) is 4.98 Å². The monoisotopic (exact) mass is 282 g/mol. The quantitative estimate of drug-likeness (QED) is 0.725. The van der Waals surface area contributed by atoms with Gasteiger partial charge in [0.05, 0.1) is 16.3 Å². The zero-order valence-electron chi connectivity index (χ0n) is 11.8. The fraction of sp³-hybridized carbons (Fsp3) is 0.235. The lowest BCUT2D eigenvalue weighted by molar-refractivity contribution is 0.869. The number of benzene rings is 2. The van der Waals surface area contributed by atoms with Crippen molar-refractivity contribution in [3.05, 3.63) is 59.1 Å². The third kappa shape index (κ3) is 2.54. The van der Waals surface area contributed by atoms with Crippen molar-refractivity contribution in [2.45, 2.75) is 26.3 Å². The highest BCUT2D eigenvalue weighted by Gasteiger charge is 2.12. The molecule has 20 heavy (non-hydrogen) atoms. The first-order chi connectivity index (χ1) is 9.78. The van der Waals surface area contributed by atoms with Crippen molar-refractivity contribution in [1.29, 1.82) is 0 Å². The molecule has 3 heteroatoms. The molecule has 1 unspecified atom stereocenters. The fourth-order valence-corrected chi connectivity index (χ4v) is 3.31. The van der Waals surface area contributed by atoms with Gasteiger partial charge in [-0.3, -0.25) is 0 Å². The zero-order chi connectivity index (χ0) is 13.9. The van der Waals surface area contributed by atoms with Crippen LogP contribution in [0, 0.1) is 0 Å². The van der Waals surface area contributed by atoms with Gasteiger partial charge < -0.3 is 5.32 Å². The molecule has 0 aliphatic heterocycles. The molecule has 102 valence electrons. The van der Waals surface area contributed by atoms with Crippen LogP contribution in [0.4, 0.5) is 5.69 Å². The first-order valence-electron chi connectivity index (χ1n) is 6.98. The van der Waals surface area contributed by atoms with Crippen molar-refractivity contribution >= 4 is 27.2 Å². The Morgan fingerprint density at radius 1 is 1.10 bits per heavy atom. The summed E-state index contributed by atoms with van der Waals surface area (Å²) in [6.45, 7) is 4.35. The number of thiazole rings is 1. The van der Waals surface area contributed by atoms with E-state index >= 15 is 0 Å². The predicted octanol–water partition coefficient (Wildman–Crippen LogP) is 5.03. The normalized spacial score (nSPS) is 12.5. The molecule has 2 nitrogen and oxygen atoms in total. The molecule has 3 rings (SSSR count). The SMILES string of the molecule is CCc1ccccc1NC(C)c1nc2ccccc2s1. The molecule has 1 aromatic heterocycles. The van der Waals surface area contributed by atoms with Crippen molar-refractivity contribution in [2.75, 3.05) is 5.32 Å². The van der Waals surface area contributed by atoms with Crippen LogP contribution < -0.4 is 5.32 Å². The Balaban J connectivity index is 1.87. The minimum Gasteiger partial charge on any atom is -0.376 e. The van der Waals surface area contributed by atoms with Gasteiger partial charge in [0.15, 0.2) is 0 Å². The number of fused-ring (bicyclic) bond motifs is 1. The molecule has 0 bridgehead atoms. The maximum absolute atomic E-state index is 4.72. The van der Waals surface area contributed by atoms with Gasteiger partial charge in [0.25, 0.3) is 0 Å². The zero-order valence-corrected chi connectivity index (χ0v) is 12.6. The van der Waals surface area contributed by atoms with Crippen LogP contribution in [0.15, 0.2) is 48.5 Å². The lowest BCUT2D eigenvalue weighted by atomic mass is 10.1. The highest BCUT2D eigenvalue weighted by Crippen LogP contribution is 2.29. The van der Waals surface area contributed by atoms with E-state index in [4.69, 9.17) is 4.98 Å². The van der Waals surface area contributed by atoms with Crippen LogP contribution in [0.1, 0.15) is 30.5 Å². The second kappa shape index (κ2) is 5.63. The van der Waals surface area contributed by atoms with Crippen molar-refractivity contribution < 1.29 is 0 Å². The number of anilines is 1. The first-order valence-corrected chi connectivity index (χ1v) is 7.79. The minimum atomic E-state index is 0.222. The molecule has 0 amide bonds. The van der Waals surface area contributed by atoms with Gasteiger partial charge in [-0.15, -0.1) is 11.3 Å². The van der Waals surface area contributed by atoms with Gasteiger partial charge in [0.1, 0.15) is 5.01 Å². The van der Waals surface area contributed by atoms with Gasteiger partial charge >= 0.3 is 0 Å². The van der Waals surface area contributed by atoms with E-state index in [0.29, 0.717) is 0 Å². The Kier molecular flexibility index (Phi) is 3.70. The Hall–Kier alpha value is -1.87. The van der Waals surface area contributed by atoms with Crippen LogP contribution >= 0.6 is 11.3 Å². The average Bonchev–Trinajstić information content (AvgIpc) is 2.92. The fourth-order valence-electron chi connectivity index (χ4n) is 2.34. The Morgan fingerprint density at radius 2 is 1.85 bits per heavy atom. The van der Waals surface area contributed by atoms with Gasteiger partial charge in [-0.2, -0.15) is 0 Å². The minimum absolute atomic E-state index is 0.222. The third-order valence-corrected chi connectivity index (χ3v) is 4.67. The number of nitrogens with zero attached hydrogens (tertiary/aromatic N) is 1. The highest BCUT2D eigenvalue weighted by atomic mass is 32.1. The van der Waals surface area contributed by atoms with E-state index in [2.05, 4.69) is 61.6 Å². The summed E-state index contributed by atoms with van der Waals surface area (Å²) in [5.41, 5.74) is 3.65. The molecule has 0 fully saturated rings. The molecule has 1 atom stereocenters. The molecule has 0 aliphatic carbocycles. The van der Waals surface area contributed by atoms with Crippen molar-refractivity contribution in [2.24, 2.45) is 0 Å². The molecule has 3 aromatic rings. The van der Waals surface area contributed by atoms with E-state index in [1.807, 2.05) is 6.07 Å². The van der Waals surface area contributed by atoms with Crippen LogP contribution in [0.2, 0.25) is 0 Å². The molecule has 1 N–H and O–H groups in total. The van der Waals surface area contributed by atoms with Crippen LogP contribution in [-0.2, 0) is 6.42 Å². The number of hydrogen-bond donors (Lipinski definition) is 1. The maximum atomic E-state index is 4.72. The molecular weight excluding hydrogens is 264 g/mol. The van der Waals surface area contributed by atoms with E-state index in [-0.39, 0.29) is 6.04 Å². The van der Waals surface area contributed by atoms with Crippen LogP contribution in [0.3, 0.4) is 0 Å². The standard InChI is InChI=1S/C17H18N2S/c1-3-13-8-4-5-9-14(13)18-12(2)17-19-15-10-6-7-11-16(15)20-17/h4-12,18H,3H2,1-2H3. The second-order valence-electron chi connectivity index (χ2n) is 4.90. The topological polar surface area (TPSA) is 24.9 Å². The third-order valence-electron chi connectivity index (χ3n) is 3.45. The van der Waals surface area contributed by atoms with E-state index in [1.54, 1.807) is 11.3 Å². The Labute approximate surface area is 123 Å². The van der Waals surface area contributed by atoms with Crippen molar-refractivity contribution in [3.8, 4) is 0 Å². The number of hydrogen-bond acceptors (Lipinski definition) is 3. The summed E-state index contributed by atoms with van der Waals surface area (Å²) >= 11 is 1.76. The number of rotatable bonds is 4. The Bertz CT molecular complexity index is 685. The molecule has 2 aromatic carbocycles. The number of nitrogens with one attached hydrogen (secondary N) is 1. The molecule has 1 heterocycles. The maximum Gasteiger partial charge on any atom is 0.116 e. The Morgan fingerprint density at radius 3 is 2.65 bits per heavy atom. The molecule has 0 saturated heterocycles. The van der Waals surface area contributed by atoms with Gasteiger partial charge in [-0.25, -0.2) is 4.98 Å². The summed E-state index contributed by atoms with van der Waals surface area (Å²) < 4.78 is 1.25. The summed E-state index contributed by atoms with van der Waals surface area (Å²) in [5, 5.41) is 4.72.